The number of carbonyl (C=O) groups is 1. The quantitative estimate of drug-likeness (QED) is 0.683. The normalized spacial score (nSPS) is 30.9. The predicted molar refractivity (Wildman–Crippen MR) is 83.2 cm³/mol. The fourth-order valence-electron chi connectivity index (χ4n) is 3.93. The molecule has 1 N–H and O–H groups in total. The van der Waals surface area contributed by atoms with Crippen molar-refractivity contribution in [2.45, 2.75) is 43.7 Å². The number of hydrogen-bond acceptors (Lipinski definition) is 3. The van der Waals surface area contributed by atoms with Gasteiger partial charge in [-0.05, 0) is 36.8 Å². The standard InChI is InChI=1S/C18H23NO2/c1-3-4-12-5-7-13(8-6-12)15-11-14-9-10-16(19-14)17(15)18(20)21-2/h3,5-8,14-17,19H,1,4,9-11H2,2H3/t14-,15+,16+,17-/m0/s1. The maximum Gasteiger partial charge on any atom is 0.310 e. The summed E-state index contributed by atoms with van der Waals surface area (Å²) in [5.41, 5.74) is 2.52. The molecular formula is C18H23NO2. The molecule has 0 unspecified atom stereocenters. The lowest BCUT2D eigenvalue weighted by molar-refractivity contribution is -0.148. The van der Waals surface area contributed by atoms with Gasteiger partial charge < -0.3 is 10.1 Å². The van der Waals surface area contributed by atoms with E-state index in [-0.39, 0.29) is 23.8 Å². The molecule has 0 aliphatic carbocycles. The third-order valence-electron chi connectivity index (χ3n) is 4.94. The first-order chi connectivity index (χ1) is 10.2. The summed E-state index contributed by atoms with van der Waals surface area (Å²) < 4.78 is 5.06. The Morgan fingerprint density at radius 2 is 2.14 bits per heavy atom. The van der Waals surface area contributed by atoms with Crippen LogP contribution < -0.4 is 5.32 Å². The summed E-state index contributed by atoms with van der Waals surface area (Å²) in [7, 11) is 1.49. The van der Waals surface area contributed by atoms with Crippen molar-refractivity contribution in [3.63, 3.8) is 0 Å². The third-order valence-corrected chi connectivity index (χ3v) is 4.94. The van der Waals surface area contributed by atoms with Crippen molar-refractivity contribution in [1.29, 1.82) is 0 Å². The Bertz CT molecular complexity index is 523. The molecule has 2 fully saturated rings. The van der Waals surface area contributed by atoms with Crippen molar-refractivity contribution in [2.24, 2.45) is 5.92 Å². The number of allylic oxidation sites excluding steroid dienone is 1. The summed E-state index contributed by atoms with van der Waals surface area (Å²) in [5, 5.41) is 3.57. The summed E-state index contributed by atoms with van der Waals surface area (Å²) in [6.07, 6.45) is 6.07. The summed E-state index contributed by atoms with van der Waals surface area (Å²) in [6, 6.07) is 9.46. The van der Waals surface area contributed by atoms with Gasteiger partial charge in [-0.15, -0.1) is 6.58 Å². The molecular weight excluding hydrogens is 262 g/mol. The van der Waals surface area contributed by atoms with E-state index in [1.54, 1.807) is 0 Å². The molecule has 21 heavy (non-hydrogen) atoms. The zero-order valence-corrected chi connectivity index (χ0v) is 12.5. The van der Waals surface area contributed by atoms with Crippen LogP contribution >= 0.6 is 0 Å². The number of fused-ring (bicyclic) bond motifs is 2. The first-order valence-electron chi connectivity index (χ1n) is 7.76. The number of carbonyl (C=O) groups excluding carboxylic acids is 1. The fourth-order valence-corrected chi connectivity index (χ4v) is 3.93. The Morgan fingerprint density at radius 1 is 1.38 bits per heavy atom. The maximum atomic E-state index is 12.2. The molecule has 2 aliphatic rings. The van der Waals surface area contributed by atoms with Gasteiger partial charge in [0.15, 0.2) is 0 Å². The van der Waals surface area contributed by atoms with Gasteiger partial charge in [0, 0.05) is 18.0 Å². The largest absolute Gasteiger partial charge is 0.469 e. The van der Waals surface area contributed by atoms with Crippen LogP contribution in [0.15, 0.2) is 36.9 Å². The molecule has 2 aliphatic heterocycles. The highest BCUT2D eigenvalue weighted by atomic mass is 16.5. The van der Waals surface area contributed by atoms with Crippen molar-refractivity contribution in [1.82, 2.24) is 5.32 Å². The van der Waals surface area contributed by atoms with Crippen LogP contribution in [0.3, 0.4) is 0 Å². The van der Waals surface area contributed by atoms with Crippen LogP contribution in [0.5, 0.6) is 0 Å². The summed E-state index contributed by atoms with van der Waals surface area (Å²) in [4.78, 5) is 12.2. The number of esters is 1. The first kappa shape index (κ1) is 14.3. The SMILES string of the molecule is C=CCc1ccc([C@H]2C[C@@H]3CC[C@@H](N3)[C@H]2C(=O)OC)cc1. The van der Waals surface area contributed by atoms with Gasteiger partial charge >= 0.3 is 5.97 Å². The van der Waals surface area contributed by atoms with E-state index in [1.807, 2.05) is 6.08 Å². The Kier molecular flexibility index (Phi) is 4.11. The molecule has 0 amide bonds. The number of rotatable bonds is 4. The number of benzene rings is 1. The molecule has 2 bridgehead atoms. The second-order valence-electron chi connectivity index (χ2n) is 6.17. The van der Waals surface area contributed by atoms with Gasteiger partial charge in [0.25, 0.3) is 0 Å². The molecule has 0 aromatic heterocycles. The Labute approximate surface area is 126 Å². The van der Waals surface area contributed by atoms with Crippen LogP contribution in [0.2, 0.25) is 0 Å². The van der Waals surface area contributed by atoms with Crippen LogP contribution in [0, 0.1) is 5.92 Å². The monoisotopic (exact) mass is 285 g/mol. The molecule has 0 radical (unpaired) electrons. The van der Waals surface area contributed by atoms with Crippen molar-refractivity contribution in [2.75, 3.05) is 7.11 Å². The number of ether oxygens (including phenoxy) is 1. The van der Waals surface area contributed by atoms with Gasteiger partial charge in [-0.2, -0.15) is 0 Å². The van der Waals surface area contributed by atoms with E-state index < -0.39 is 0 Å². The van der Waals surface area contributed by atoms with Crippen LogP contribution in [0.1, 0.15) is 36.3 Å². The maximum absolute atomic E-state index is 12.2. The average molecular weight is 285 g/mol. The third kappa shape index (κ3) is 2.75. The topological polar surface area (TPSA) is 38.3 Å². The van der Waals surface area contributed by atoms with E-state index >= 15 is 0 Å². The van der Waals surface area contributed by atoms with Crippen molar-refractivity contribution in [3.8, 4) is 0 Å². The average Bonchev–Trinajstić information content (AvgIpc) is 2.89. The van der Waals surface area contributed by atoms with Crippen LogP contribution in [-0.2, 0) is 16.0 Å². The van der Waals surface area contributed by atoms with E-state index in [0.29, 0.717) is 6.04 Å². The zero-order valence-electron chi connectivity index (χ0n) is 12.5. The highest BCUT2D eigenvalue weighted by molar-refractivity contribution is 5.75. The predicted octanol–water partition coefficient (Wildman–Crippen LogP) is 2.81. The number of hydrogen-bond donors (Lipinski definition) is 1. The molecule has 3 rings (SSSR count). The molecule has 4 atom stereocenters. The van der Waals surface area contributed by atoms with Crippen molar-refractivity contribution >= 4 is 5.97 Å². The molecule has 3 heteroatoms. The lowest BCUT2D eigenvalue weighted by atomic mass is 9.77. The molecule has 0 spiro atoms. The fraction of sp³-hybridized carbons (Fsp3) is 0.500. The molecule has 1 aromatic rings. The van der Waals surface area contributed by atoms with Gasteiger partial charge in [-0.1, -0.05) is 30.3 Å². The van der Waals surface area contributed by atoms with Crippen molar-refractivity contribution in [3.05, 3.63) is 48.0 Å². The summed E-state index contributed by atoms with van der Waals surface area (Å²) in [5.74, 6) is 0.140. The second-order valence-corrected chi connectivity index (χ2v) is 6.17. The van der Waals surface area contributed by atoms with E-state index in [0.717, 1.165) is 19.3 Å². The molecule has 2 saturated heterocycles. The minimum absolute atomic E-state index is 0.0565. The second kappa shape index (κ2) is 6.02. The first-order valence-corrected chi connectivity index (χ1v) is 7.76. The Balaban J connectivity index is 1.87. The van der Waals surface area contributed by atoms with Gasteiger partial charge in [0.1, 0.15) is 0 Å². The number of methoxy groups -OCH3 is 1. The number of piperidine rings is 1. The van der Waals surface area contributed by atoms with Crippen molar-refractivity contribution < 1.29 is 9.53 Å². The van der Waals surface area contributed by atoms with Gasteiger partial charge in [-0.25, -0.2) is 0 Å². The van der Waals surface area contributed by atoms with Gasteiger partial charge in [-0.3, -0.25) is 4.79 Å². The lowest BCUT2D eigenvalue weighted by Crippen LogP contribution is -2.48. The Morgan fingerprint density at radius 3 is 2.81 bits per heavy atom. The van der Waals surface area contributed by atoms with E-state index in [9.17, 15) is 4.79 Å². The van der Waals surface area contributed by atoms with Gasteiger partial charge in [0.2, 0.25) is 0 Å². The molecule has 2 heterocycles. The van der Waals surface area contributed by atoms with E-state index in [1.165, 1.54) is 24.7 Å². The number of nitrogens with one attached hydrogen (secondary N) is 1. The summed E-state index contributed by atoms with van der Waals surface area (Å²) >= 11 is 0. The molecule has 0 saturated carbocycles. The summed E-state index contributed by atoms with van der Waals surface area (Å²) in [6.45, 7) is 3.77. The lowest BCUT2D eigenvalue weighted by Gasteiger charge is -2.36. The van der Waals surface area contributed by atoms with E-state index in [4.69, 9.17) is 4.74 Å². The van der Waals surface area contributed by atoms with Gasteiger partial charge in [0.05, 0.1) is 13.0 Å². The minimum Gasteiger partial charge on any atom is -0.469 e. The Hall–Kier alpha value is -1.61. The minimum atomic E-state index is -0.0759. The van der Waals surface area contributed by atoms with Crippen LogP contribution in [0.4, 0.5) is 0 Å². The molecule has 3 nitrogen and oxygen atoms in total. The zero-order chi connectivity index (χ0) is 14.8. The van der Waals surface area contributed by atoms with Crippen LogP contribution in [-0.4, -0.2) is 25.2 Å². The molecule has 1 aromatic carbocycles. The molecule has 112 valence electrons. The highest BCUT2D eigenvalue weighted by Gasteiger charge is 2.46. The van der Waals surface area contributed by atoms with Crippen LogP contribution in [0.25, 0.3) is 0 Å². The highest BCUT2D eigenvalue weighted by Crippen LogP contribution is 2.42. The van der Waals surface area contributed by atoms with E-state index in [2.05, 4.69) is 36.2 Å². The smallest absolute Gasteiger partial charge is 0.310 e.